The summed E-state index contributed by atoms with van der Waals surface area (Å²) in [6.07, 6.45) is 4.09. The van der Waals surface area contributed by atoms with Crippen LogP contribution in [0.2, 0.25) is 5.02 Å². The second-order valence-electron chi connectivity index (χ2n) is 6.36. The molecule has 0 saturated carbocycles. The standard InChI is InChI=1S/C20H18ClN3O5/c1-11(2)29-17-15(21)9-12(10-16(17)28-3)8-14-18(25)23-20(27)24(19(14)26)13-4-6-22-7-5-13/h4-11H,1-3H3,(H,23,25,27)/b14-8+. The number of pyridine rings is 1. The van der Waals surface area contributed by atoms with Crippen molar-refractivity contribution in [2.24, 2.45) is 0 Å². The zero-order chi connectivity index (χ0) is 21.1. The van der Waals surface area contributed by atoms with Crippen LogP contribution in [0.1, 0.15) is 19.4 Å². The lowest BCUT2D eigenvalue weighted by molar-refractivity contribution is -0.122. The highest BCUT2D eigenvalue weighted by Gasteiger charge is 2.36. The molecular weight excluding hydrogens is 398 g/mol. The van der Waals surface area contributed by atoms with Gasteiger partial charge in [-0.2, -0.15) is 0 Å². The van der Waals surface area contributed by atoms with Gasteiger partial charge in [0.15, 0.2) is 11.5 Å². The minimum Gasteiger partial charge on any atom is -0.493 e. The van der Waals surface area contributed by atoms with Crippen LogP contribution in [-0.4, -0.2) is 36.0 Å². The Morgan fingerprint density at radius 3 is 2.48 bits per heavy atom. The van der Waals surface area contributed by atoms with E-state index in [-0.39, 0.29) is 22.4 Å². The molecule has 4 amide bonds. The van der Waals surface area contributed by atoms with Crippen LogP contribution in [0.15, 0.2) is 42.2 Å². The third-order valence-electron chi connectivity index (χ3n) is 3.94. The Balaban J connectivity index is 2.02. The molecule has 1 aromatic heterocycles. The number of halogens is 1. The van der Waals surface area contributed by atoms with Gasteiger partial charge in [0.05, 0.1) is 23.9 Å². The largest absolute Gasteiger partial charge is 0.493 e. The van der Waals surface area contributed by atoms with E-state index >= 15 is 0 Å². The summed E-state index contributed by atoms with van der Waals surface area (Å²) in [4.78, 5) is 42.1. The van der Waals surface area contributed by atoms with E-state index < -0.39 is 17.8 Å². The van der Waals surface area contributed by atoms with Gasteiger partial charge in [0.25, 0.3) is 11.8 Å². The van der Waals surface area contributed by atoms with Crippen molar-refractivity contribution < 1.29 is 23.9 Å². The Morgan fingerprint density at radius 2 is 1.86 bits per heavy atom. The monoisotopic (exact) mass is 415 g/mol. The third kappa shape index (κ3) is 4.22. The van der Waals surface area contributed by atoms with Crippen molar-refractivity contribution in [2.45, 2.75) is 20.0 Å². The van der Waals surface area contributed by atoms with Gasteiger partial charge < -0.3 is 9.47 Å². The molecule has 0 atom stereocenters. The topological polar surface area (TPSA) is 97.8 Å². The smallest absolute Gasteiger partial charge is 0.335 e. The van der Waals surface area contributed by atoms with Crippen molar-refractivity contribution in [3.05, 3.63) is 52.8 Å². The summed E-state index contributed by atoms with van der Waals surface area (Å²) in [5.41, 5.74) is 0.500. The number of amides is 4. The number of urea groups is 1. The van der Waals surface area contributed by atoms with Crippen molar-refractivity contribution in [3.63, 3.8) is 0 Å². The molecule has 0 bridgehead atoms. The normalized spacial score (nSPS) is 15.7. The Morgan fingerprint density at radius 1 is 1.17 bits per heavy atom. The molecule has 1 aliphatic heterocycles. The Hall–Kier alpha value is -3.39. The highest BCUT2D eigenvalue weighted by molar-refractivity contribution is 6.39. The molecule has 1 saturated heterocycles. The summed E-state index contributed by atoms with van der Waals surface area (Å²) in [5, 5.41) is 2.42. The molecule has 1 aromatic carbocycles. The number of aromatic nitrogens is 1. The maximum Gasteiger partial charge on any atom is 0.335 e. The molecule has 0 radical (unpaired) electrons. The molecule has 3 rings (SSSR count). The quantitative estimate of drug-likeness (QED) is 0.595. The van der Waals surface area contributed by atoms with Crippen LogP contribution >= 0.6 is 11.6 Å². The number of nitrogens with one attached hydrogen (secondary N) is 1. The van der Waals surface area contributed by atoms with E-state index in [1.165, 1.54) is 37.7 Å². The maximum atomic E-state index is 12.9. The lowest BCUT2D eigenvalue weighted by Crippen LogP contribution is -2.54. The first-order valence-corrected chi connectivity index (χ1v) is 9.05. The van der Waals surface area contributed by atoms with E-state index in [0.717, 1.165) is 4.90 Å². The average molecular weight is 416 g/mol. The number of benzene rings is 1. The lowest BCUT2D eigenvalue weighted by atomic mass is 10.1. The molecule has 29 heavy (non-hydrogen) atoms. The lowest BCUT2D eigenvalue weighted by Gasteiger charge is -2.26. The zero-order valence-corrected chi connectivity index (χ0v) is 16.7. The van der Waals surface area contributed by atoms with Crippen LogP contribution in [-0.2, 0) is 9.59 Å². The van der Waals surface area contributed by atoms with E-state index in [0.29, 0.717) is 17.1 Å². The number of carbonyl (C=O) groups is 3. The number of ether oxygens (including phenoxy) is 2. The van der Waals surface area contributed by atoms with Crippen molar-refractivity contribution in [2.75, 3.05) is 12.0 Å². The van der Waals surface area contributed by atoms with Gasteiger partial charge in [-0.15, -0.1) is 0 Å². The van der Waals surface area contributed by atoms with Gasteiger partial charge in [-0.25, -0.2) is 9.69 Å². The first-order valence-electron chi connectivity index (χ1n) is 8.67. The molecule has 2 aromatic rings. The Labute approximate surface area is 172 Å². The molecule has 1 fully saturated rings. The van der Waals surface area contributed by atoms with Gasteiger partial charge in [-0.1, -0.05) is 11.6 Å². The predicted octanol–water partition coefficient (Wildman–Crippen LogP) is 3.20. The van der Waals surface area contributed by atoms with E-state index in [1.54, 1.807) is 12.1 Å². The summed E-state index contributed by atoms with van der Waals surface area (Å²) in [5.74, 6) is -0.853. The van der Waals surface area contributed by atoms with Crippen LogP contribution in [0, 0.1) is 0 Å². The molecule has 0 aliphatic carbocycles. The Bertz CT molecular complexity index is 1000. The molecular formula is C20H18ClN3O5. The van der Waals surface area contributed by atoms with Gasteiger partial charge in [-0.3, -0.25) is 19.9 Å². The summed E-state index contributed by atoms with van der Waals surface area (Å²) in [6, 6.07) is 5.28. The minimum absolute atomic E-state index is 0.128. The minimum atomic E-state index is -0.834. The summed E-state index contributed by atoms with van der Waals surface area (Å²) in [6.45, 7) is 3.70. The van der Waals surface area contributed by atoms with Crippen molar-refractivity contribution in [1.29, 1.82) is 0 Å². The first kappa shape index (κ1) is 20.3. The first-order chi connectivity index (χ1) is 13.8. The fraction of sp³-hybridized carbons (Fsp3) is 0.200. The number of carbonyl (C=O) groups excluding carboxylic acids is 3. The molecule has 9 heteroatoms. The van der Waals surface area contributed by atoms with Gasteiger partial charge in [0, 0.05) is 12.4 Å². The molecule has 8 nitrogen and oxygen atoms in total. The van der Waals surface area contributed by atoms with Gasteiger partial charge in [0.1, 0.15) is 5.57 Å². The van der Waals surface area contributed by atoms with Crippen LogP contribution in [0.3, 0.4) is 0 Å². The number of hydrogen-bond donors (Lipinski definition) is 1. The maximum absolute atomic E-state index is 12.9. The zero-order valence-electron chi connectivity index (χ0n) is 15.9. The third-order valence-corrected chi connectivity index (χ3v) is 4.22. The molecule has 0 spiro atoms. The van der Waals surface area contributed by atoms with E-state index in [1.807, 2.05) is 13.8 Å². The highest BCUT2D eigenvalue weighted by atomic mass is 35.5. The van der Waals surface area contributed by atoms with Crippen LogP contribution in [0.25, 0.3) is 6.08 Å². The van der Waals surface area contributed by atoms with E-state index in [4.69, 9.17) is 21.1 Å². The van der Waals surface area contributed by atoms with Crippen molar-refractivity contribution in [3.8, 4) is 11.5 Å². The number of imide groups is 2. The number of hydrogen-bond acceptors (Lipinski definition) is 6. The molecule has 1 aliphatic rings. The van der Waals surface area contributed by atoms with Gasteiger partial charge in [0.2, 0.25) is 0 Å². The SMILES string of the molecule is COc1cc(/C=C2\C(=O)NC(=O)N(c3ccncc3)C2=O)cc(Cl)c1OC(C)C. The molecule has 150 valence electrons. The number of barbiturate groups is 1. The number of methoxy groups -OCH3 is 1. The number of rotatable bonds is 5. The van der Waals surface area contributed by atoms with Gasteiger partial charge >= 0.3 is 6.03 Å². The van der Waals surface area contributed by atoms with Crippen LogP contribution in [0.5, 0.6) is 11.5 Å². The summed E-state index contributed by atoms with van der Waals surface area (Å²) < 4.78 is 11.0. The fourth-order valence-corrected chi connectivity index (χ4v) is 2.99. The number of anilines is 1. The highest BCUT2D eigenvalue weighted by Crippen LogP contribution is 2.38. The second kappa shape index (κ2) is 8.32. The Kier molecular flexibility index (Phi) is 5.84. The van der Waals surface area contributed by atoms with Crippen LogP contribution < -0.4 is 19.7 Å². The molecule has 0 unspecified atom stereocenters. The van der Waals surface area contributed by atoms with Crippen molar-refractivity contribution >= 4 is 41.2 Å². The predicted molar refractivity (Wildman–Crippen MR) is 107 cm³/mol. The average Bonchev–Trinajstić information content (AvgIpc) is 2.67. The second-order valence-corrected chi connectivity index (χ2v) is 6.77. The fourth-order valence-electron chi connectivity index (χ4n) is 2.72. The number of nitrogens with zero attached hydrogens (tertiary/aromatic N) is 2. The van der Waals surface area contributed by atoms with Crippen molar-refractivity contribution in [1.82, 2.24) is 10.3 Å². The van der Waals surface area contributed by atoms with Gasteiger partial charge in [-0.05, 0) is 49.8 Å². The summed E-state index contributed by atoms with van der Waals surface area (Å²) >= 11 is 6.30. The van der Waals surface area contributed by atoms with Crippen LogP contribution in [0.4, 0.5) is 10.5 Å². The molecule has 1 N–H and O–H groups in total. The summed E-state index contributed by atoms with van der Waals surface area (Å²) in [7, 11) is 1.46. The van der Waals surface area contributed by atoms with E-state index in [2.05, 4.69) is 10.3 Å². The van der Waals surface area contributed by atoms with E-state index in [9.17, 15) is 14.4 Å². The molecule has 2 heterocycles.